The monoisotopic (exact) mass is 393 g/mol. The second-order valence-corrected chi connectivity index (χ2v) is 7.07. The first-order chi connectivity index (χ1) is 11.4. The normalized spacial score (nSPS) is 13.7. The molecule has 0 aliphatic carbocycles. The maximum Gasteiger partial charge on any atom is 0.261 e. The van der Waals surface area contributed by atoms with Crippen molar-refractivity contribution in [3.05, 3.63) is 39.4 Å². The van der Waals surface area contributed by atoms with Crippen LogP contribution in [0, 0.1) is 0 Å². The molecular weight excluding hydrogens is 370 g/mol. The first-order valence-corrected chi connectivity index (χ1v) is 9.14. The lowest BCUT2D eigenvalue weighted by molar-refractivity contribution is -0.136. The molecule has 1 aromatic heterocycles. The largest absolute Gasteiger partial charge is 0.336 e. The van der Waals surface area contributed by atoms with Gasteiger partial charge >= 0.3 is 0 Å². The van der Waals surface area contributed by atoms with Gasteiger partial charge in [-0.2, -0.15) is 0 Å². The Morgan fingerprint density at radius 2 is 1.88 bits per heavy atom. The molecule has 1 heterocycles. The van der Waals surface area contributed by atoms with E-state index in [2.05, 4.69) is 34.8 Å². The number of aromatic nitrogens is 2. The summed E-state index contributed by atoms with van der Waals surface area (Å²) in [4.78, 5) is 31.6. The van der Waals surface area contributed by atoms with Crippen molar-refractivity contribution in [3.63, 3.8) is 0 Å². The number of carbonyl (C=O) groups is 1. The van der Waals surface area contributed by atoms with Crippen molar-refractivity contribution in [2.45, 2.75) is 59.2 Å². The van der Waals surface area contributed by atoms with Crippen LogP contribution in [0.4, 0.5) is 0 Å². The number of carbonyl (C=O) groups excluding carboxylic acids is 1. The molecule has 0 saturated carbocycles. The average molecular weight is 394 g/mol. The molecule has 0 N–H and O–H groups in total. The lowest BCUT2D eigenvalue weighted by atomic mass is 10.1. The van der Waals surface area contributed by atoms with Crippen LogP contribution in [-0.4, -0.2) is 32.4 Å². The molecule has 0 aliphatic heterocycles. The molecule has 0 saturated heterocycles. The predicted octanol–water partition coefficient (Wildman–Crippen LogP) is 3.58. The Hall–Kier alpha value is -1.69. The molecule has 0 bridgehead atoms. The van der Waals surface area contributed by atoms with Gasteiger partial charge in [0.25, 0.3) is 5.56 Å². The van der Waals surface area contributed by atoms with Crippen LogP contribution in [-0.2, 0) is 11.3 Å². The SMILES string of the molecule is CC[C@H](C)N(C(=O)Cn1cnc2ccc(Br)cc2c1=O)[C@@H](C)CC. The van der Waals surface area contributed by atoms with E-state index in [1.54, 1.807) is 12.1 Å². The van der Waals surface area contributed by atoms with E-state index in [1.165, 1.54) is 10.9 Å². The van der Waals surface area contributed by atoms with Gasteiger partial charge in [-0.1, -0.05) is 29.8 Å². The Morgan fingerprint density at radius 3 is 2.46 bits per heavy atom. The van der Waals surface area contributed by atoms with Crippen molar-refractivity contribution >= 4 is 32.7 Å². The summed E-state index contributed by atoms with van der Waals surface area (Å²) < 4.78 is 2.22. The highest BCUT2D eigenvalue weighted by Crippen LogP contribution is 2.16. The molecule has 24 heavy (non-hydrogen) atoms. The zero-order valence-electron chi connectivity index (χ0n) is 14.6. The molecule has 130 valence electrons. The second-order valence-electron chi connectivity index (χ2n) is 6.15. The van der Waals surface area contributed by atoms with Gasteiger partial charge in [-0.05, 0) is 44.9 Å². The van der Waals surface area contributed by atoms with E-state index in [0.717, 1.165) is 17.3 Å². The van der Waals surface area contributed by atoms with Crippen molar-refractivity contribution < 1.29 is 4.79 Å². The first kappa shape index (κ1) is 18.6. The van der Waals surface area contributed by atoms with Gasteiger partial charge in [-0.3, -0.25) is 14.2 Å². The molecule has 1 amide bonds. The maximum atomic E-state index is 12.8. The van der Waals surface area contributed by atoms with Gasteiger partial charge in [0.15, 0.2) is 0 Å². The van der Waals surface area contributed by atoms with Crippen molar-refractivity contribution in [2.75, 3.05) is 0 Å². The zero-order valence-corrected chi connectivity index (χ0v) is 16.2. The summed E-state index contributed by atoms with van der Waals surface area (Å²) in [5, 5.41) is 0.512. The van der Waals surface area contributed by atoms with Gasteiger partial charge in [0.05, 0.1) is 17.2 Å². The fourth-order valence-corrected chi connectivity index (χ4v) is 3.15. The average Bonchev–Trinajstić information content (AvgIpc) is 2.57. The molecule has 0 unspecified atom stereocenters. The third-order valence-corrected chi connectivity index (χ3v) is 5.00. The second kappa shape index (κ2) is 7.92. The number of benzene rings is 1. The van der Waals surface area contributed by atoms with E-state index in [0.29, 0.717) is 10.9 Å². The van der Waals surface area contributed by atoms with Crippen molar-refractivity contribution in [1.29, 1.82) is 0 Å². The standard InChI is InChI=1S/C18H24BrN3O2/c1-5-12(3)22(13(4)6-2)17(23)10-21-11-20-16-8-7-14(19)9-15(16)18(21)24/h7-9,11-13H,5-6,10H2,1-4H3/t12-,13-/m0/s1. The summed E-state index contributed by atoms with van der Waals surface area (Å²) in [7, 11) is 0. The minimum absolute atomic E-state index is 0.0168. The number of fused-ring (bicyclic) bond motifs is 1. The van der Waals surface area contributed by atoms with E-state index in [4.69, 9.17) is 0 Å². The summed E-state index contributed by atoms with van der Waals surface area (Å²) in [5.41, 5.74) is 0.440. The third-order valence-electron chi connectivity index (χ3n) is 4.51. The van der Waals surface area contributed by atoms with E-state index < -0.39 is 0 Å². The van der Waals surface area contributed by atoms with Gasteiger partial charge < -0.3 is 4.90 Å². The lowest BCUT2D eigenvalue weighted by Crippen LogP contribution is -2.46. The van der Waals surface area contributed by atoms with Crippen LogP contribution < -0.4 is 5.56 Å². The van der Waals surface area contributed by atoms with Crippen LogP contribution in [0.1, 0.15) is 40.5 Å². The maximum absolute atomic E-state index is 12.8. The summed E-state index contributed by atoms with van der Waals surface area (Å²) in [5.74, 6) is -0.0445. The molecular formula is C18H24BrN3O2. The minimum Gasteiger partial charge on any atom is -0.336 e. The minimum atomic E-state index is -0.192. The fourth-order valence-electron chi connectivity index (χ4n) is 2.79. The zero-order chi connectivity index (χ0) is 17.9. The topological polar surface area (TPSA) is 55.2 Å². The van der Waals surface area contributed by atoms with Crippen LogP contribution in [0.2, 0.25) is 0 Å². The van der Waals surface area contributed by atoms with Crippen LogP contribution in [0.3, 0.4) is 0 Å². The van der Waals surface area contributed by atoms with E-state index in [-0.39, 0.29) is 30.1 Å². The van der Waals surface area contributed by atoms with Gasteiger partial charge in [-0.15, -0.1) is 0 Å². The molecule has 0 aliphatic rings. The van der Waals surface area contributed by atoms with E-state index in [9.17, 15) is 9.59 Å². The Kier molecular flexibility index (Phi) is 6.15. The highest BCUT2D eigenvalue weighted by atomic mass is 79.9. The van der Waals surface area contributed by atoms with E-state index in [1.807, 2.05) is 24.8 Å². The first-order valence-electron chi connectivity index (χ1n) is 8.34. The van der Waals surface area contributed by atoms with Crippen molar-refractivity contribution in [2.24, 2.45) is 0 Å². The highest BCUT2D eigenvalue weighted by Gasteiger charge is 2.24. The molecule has 2 aromatic rings. The molecule has 0 radical (unpaired) electrons. The van der Waals surface area contributed by atoms with Crippen molar-refractivity contribution in [1.82, 2.24) is 14.5 Å². The summed E-state index contributed by atoms with van der Waals surface area (Å²) in [6.45, 7) is 8.23. The molecule has 2 rings (SSSR count). The summed E-state index contributed by atoms with van der Waals surface area (Å²) in [6.07, 6.45) is 3.23. The predicted molar refractivity (Wildman–Crippen MR) is 100 cm³/mol. The Bertz CT molecular complexity index is 777. The van der Waals surface area contributed by atoms with Crippen LogP contribution in [0.15, 0.2) is 33.8 Å². The number of halogens is 1. The Morgan fingerprint density at radius 1 is 1.25 bits per heavy atom. The quantitative estimate of drug-likeness (QED) is 0.753. The number of hydrogen-bond donors (Lipinski definition) is 0. The molecule has 5 nitrogen and oxygen atoms in total. The number of rotatable bonds is 6. The van der Waals surface area contributed by atoms with Gasteiger partial charge in [-0.25, -0.2) is 4.98 Å². The van der Waals surface area contributed by atoms with Crippen molar-refractivity contribution in [3.8, 4) is 0 Å². The number of nitrogens with zero attached hydrogens (tertiary/aromatic N) is 3. The molecule has 0 spiro atoms. The van der Waals surface area contributed by atoms with Crippen LogP contribution in [0.25, 0.3) is 10.9 Å². The number of hydrogen-bond acceptors (Lipinski definition) is 3. The van der Waals surface area contributed by atoms with E-state index >= 15 is 0 Å². The molecule has 2 atom stereocenters. The Labute approximate surface area is 150 Å². The van der Waals surface area contributed by atoms with Crippen LogP contribution in [0.5, 0.6) is 0 Å². The molecule has 6 heteroatoms. The van der Waals surface area contributed by atoms with Gasteiger partial charge in [0.2, 0.25) is 5.91 Å². The summed E-state index contributed by atoms with van der Waals surface area (Å²) in [6, 6.07) is 5.67. The highest BCUT2D eigenvalue weighted by molar-refractivity contribution is 9.10. The smallest absolute Gasteiger partial charge is 0.261 e. The molecule has 1 aromatic carbocycles. The molecule has 0 fully saturated rings. The fraction of sp³-hybridized carbons (Fsp3) is 0.500. The lowest BCUT2D eigenvalue weighted by Gasteiger charge is -2.34. The third kappa shape index (κ3) is 3.86. The number of amides is 1. The summed E-state index contributed by atoms with van der Waals surface area (Å²) >= 11 is 3.37. The van der Waals surface area contributed by atoms with Crippen LogP contribution >= 0.6 is 15.9 Å². The van der Waals surface area contributed by atoms with Gasteiger partial charge in [0, 0.05) is 16.6 Å². The Balaban J connectivity index is 2.35. The van der Waals surface area contributed by atoms with Gasteiger partial charge in [0.1, 0.15) is 6.54 Å².